The molecule has 0 spiro atoms. The van der Waals surface area contributed by atoms with E-state index in [1.54, 1.807) is 0 Å². The summed E-state index contributed by atoms with van der Waals surface area (Å²) in [5.41, 5.74) is 4.12. The van der Waals surface area contributed by atoms with Gasteiger partial charge in [-0.25, -0.2) is 0 Å². The molecule has 0 nitrogen and oxygen atoms in total. The van der Waals surface area contributed by atoms with Crippen LogP contribution in [0.5, 0.6) is 0 Å². The van der Waals surface area contributed by atoms with E-state index >= 15 is 0 Å². The van der Waals surface area contributed by atoms with Crippen molar-refractivity contribution in [2.24, 2.45) is 11.8 Å². The van der Waals surface area contributed by atoms with Crippen LogP contribution in [0.4, 0.5) is 0 Å². The van der Waals surface area contributed by atoms with Gasteiger partial charge in [-0.3, -0.25) is 0 Å². The summed E-state index contributed by atoms with van der Waals surface area (Å²) >= 11 is 3.84. The first-order valence-corrected chi connectivity index (χ1v) is 8.26. The predicted octanol–water partition coefficient (Wildman–Crippen LogP) is 6.01. The van der Waals surface area contributed by atoms with Crippen LogP contribution in [0.25, 0.3) is 0 Å². The van der Waals surface area contributed by atoms with Crippen molar-refractivity contribution >= 4 is 15.9 Å². The maximum Gasteiger partial charge on any atom is 0.0423 e. The molecule has 0 aromatic heterocycles. The van der Waals surface area contributed by atoms with Crippen LogP contribution in [-0.2, 0) is 6.42 Å². The van der Waals surface area contributed by atoms with Crippen LogP contribution in [0.2, 0.25) is 0 Å². The molecule has 0 aliphatic rings. The number of hydrogen-bond acceptors (Lipinski definition) is 0. The lowest BCUT2D eigenvalue weighted by Crippen LogP contribution is -2.10. The van der Waals surface area contributed by atoms with Gasteiger partial charge < -0.3 is 0 Å². The van der Waals surface area contributed by atoms with Crippen molar-refractivity contribution in [2.45, 2.75) is 32.0 Å². The van der Waals surface area contributed by atoms with E-state index < -0.39 is 0 Å². The summed E-state index contributed by atoms with van der Waals surface area (Å²) in [5, 5.41) is 0. The van der Waals surface area contributed by atoms with E-state index in [1.807, 2.05) is 0 Å². The zero-order valence-electron chi connectivity index (χ0n) is 12.5. The number of halogens is 1. The summed E-state index contributed by atoms with van der Waals surface area (Å²) in [7, 11) is 0. The van der Waals surface area contributed by atoms with Gasteiger partial charge >= 0.3 is 0 Å². The molecule has 0 aliphatic carbocycles. The topological polar surface area (TPSA) is 0 Å². The summed E-state index contributed by atoms with van der Waals surface area (Å²) in [5.74, 6) is 1.32. The van der Waals surface area contributed by atoms with Crippen LogP contribution >= 0.6 is 15.9 Å². The van der Waals surface area contributed by atoms with Gasteiger partial charge in [-0.05, 0) is 34.9 Å². The zero-order valence-corrected chi connectivity index (χ0v) is 14.1. The van der Waals surface area contributed by atoms with Crippen LogP contribution in [0, 0.1) is 11.8 Å². The lowest BCUT2D eigenvalue weighted by Gasteiger charge is -2.22. The van der Waals surface area contributed by atoms with Crippen molar-refractivity contribution in [3.05, 3.63) is 71.3 Å². The van der Waals surface area contributed by atoms with Gasteiger partial charge in [0, 0.05) is 4.83 Å². The molecule has 2 aromatic rings. The third kappa shape index (κ3) is 3.96. The van der Waals surface area contributed by atoms with Gasteiger partial charge in [-0.1, -0.05) is 91.3 Å². The van der Waals surface area contributed by atoms with E-state index in [0.717, 1.165) is 6.42 Å². The highest BCUT2D eigenvalue weighted by Gasteiger charge is 2.18. The standard InChI is InChI=1S/C19H23Br/c1-14(2)15(3)19(20)18-11-9-17(10-12-18)13-16-7-5-4-6-8-16/h4-12,14-15,19H,13H2,1-3H3. The van der Waals surface area contributed by atoms with Crippen LogP contribution in [-0.4, -0.2) is 0 Å². The fourth-order valence-corrected chi connectivity index (χ4v) is 3.21. The van der Waals surface area contributed by atoms with Crippen LogP contribution in [0.15, 0.2) is 54.6 Å². The number of rotatable bonds is 5. The van der Waals surface area contributed by atoms with Crippen molar-refractivity contribution in [3.8, 4) is 0 Å². The van der Waals surface area contributed by atoms with Gasteiger partial charge in [0.05, 0.1) is 0 Å². The molecule has 1 heteroatoms. The minimum absolute atomic E-state index is 0.438. The summed E-state index contributed by atoms with van der Waals surface area (Å²) in [6.45, 7) is 6.87. The highest BCUT2D eigenvalue weighted by atomic mass is 79.9. The van der Waals surface area contributed by atoms with Crippen molar-refractivity contribution in [3.63, 3.8) is 0 Å². The molecule has 2 unspecified atom stereocenters. The molecule has 0 saturated carbocycles. The van der Waals surface area contributed by atoms with Gasteiger partial charge in [0.15, 0.2) is 0 Å². The number of alkyl halides is 1. The Bertz CT molecular complexity index is 513. The smallest absolute Gasteiger partial charge is 0.0423 e. The minimum Gasteiger partial charge on any atom is -0.0836 e. The summed E-state index contributed by atoms with van der Waals surface area (Å²) in [4.78, 5) is 0.438. The first-order chi connectivity index (χ1) is 9.58. The van der Waals surface area contributed by atoms with E-state index in [4.69, 9.17) is 0 Å². The molecule has 0 saturated heterocycles. The maximum atomic E-state index is 3.84. The van der Waals surface area contributed by atoms with Gasteiger partial charge in [0.25, 0.3) is 0 Å². The van der Waals surface area contributed by atoms with Gasteiger partial charge in [-0.2, -0.15) is 0 Å². The lowest BCUT2D eigenvalue weighted by molar-refractivity contribution is 0.414. The third-order valence-corrected chi connectivity index (χ3v) is 5.42. The molecule has 0 aliphatic heterocycles. The van der Waals surface area contributed by atoms with Gasteiger partial charge in [0.1, 0.15) is 0 Å². The molecular formula is C19H23Br. The van der Waals surface area contributed by atoms with Crippen LogP contribution in [0.1, 0.15) is 42.3 Å². The fraction of sp³-hybridized carbons (Fsp3) is 0.368. The van der Waals surface area contributed by atoms with E-state index in [9.17, 15) is 0 Å². The molecule has 0 bridgehead atoms. The van der Waals surface area contributed by atoms with E-state index in [0.29, 0.717) is 16.7 Å². The number of benzene rings is 2. The average Bonchev–Trinajstić information content (AvgIpc) is 2.47. The van der Waals surface area contributed by atoms with Gasteiger partial charge in [0.2, 0.25) is 0 Å². The number of hydrogen-bond donors (Lipinski definition) is 0. The second-order valence-electron chi connectivity index (χ2n) is 5.91. The predicted molar refractivity (Wildman–Crippen MR) is 91.4 cm³/mol. The van der Waals surface area contributed by atoms with Crippen molar-refractivity contribution in [1.29, 1.82) is 0 Å². The summed E-state index contributed by atoms with van der Waals surface area (Å²) in [6, 6.07) is 19.7. The van der Waals surface area contributed by atoms with Crippen LogP contribution < -0.4 is 0 Å². The van der Waals surface area contributed by atoms with Crippen LogP contribution in [0.3, 0.4) is 0 Å². The van der Waals surface area contributed by atoms with Crippen molar-refractivity contribution in [1.82, 2.24) is 0 Å². The first-order valence-electron chi connectivity index (χ1n) is 7.34. The summed E-state index contributed by atoms with van der Waals surface area (Å²) < 4.78 is 0. The minimum atomic E-state index is 0.438. The third-order valence-electron chi connectivity index (χ3n) is 4.06. The normalized spacial score (nSPS) is 14.2. The quantitative estimate of drug-likeness (QED) is 0.589. The molecular weight excluding hydrogens is 308 g/mol. The molecule has 0 amide bonds. The molecule has 106 valence electrons. The highest BCUT2D eigenvalue weighted by molar-refractivity contribution is 9.09. The Labute approximate surface area is 131 Å². The second kappa shape index (κ2) is 7.08. The Morgan fingerprint density at radius 3 is 1.90 bits per heavy atom. The molecule has 0 heterocycles. The summed E-state index contributed by atoms with van der Waals surface area (Å²) in [6.07, 6.45) is 1.01. The molecule has 0 fully saturated rings. The van der Waals surface area contributed by atoms with Gasteiger partial charge in [-0.15, -0.1) is 0 Å². The first kappa shape index (κ1) is 15.3. The Hall–Kier alpha value is -1.08. The van der Waals surface area contributed by atoms with E-state index in [2.05, 4.69) is 91.3 Å². The largest absolute Gasteiger partial charge is 0.0836 e. The van der Waals surface area contributed by atoms with E-state index in [1.165, 1.54) is 16.7 Å². The fourth-order valence-electron chi connectivity index (χ4n) is 2.29. The second-order valence-corrected chi connectivity index (χ2v) is 6.90. The molecule has 0 N–H and O–H groups in total. The Morgan fingerprint density at radius 2 is 1.35 bits per heavy atom. The van der Waals surface area contributed by atoms with E-state index in [-0.39, 0.29) is 0 Å². The molecule has 2 aromatic carbocycles. The monoisotopic (exact) mass is 330 g/mol. The Balaban J connectivity index is 2.06. The van der Waals surface area contributed by atoms with Crippen molar-refractivity contribution < 1.29 is 0 Å². The van der Waals surface area contributed by atoms with Crippen molar-refractivity contribution in [2.75, 3.05) is 0 Å². The maximum absolute atomic E-state index is 3.84. The molecule has 2 rings (SSSR count). The molecule has 20 heavy (non-hydrogen) atoms. The molecule has 2 atom stereocenters. The average molecular weight is 331 g/mol. The zero-order chi connectivity index (χ0) is 14.5. The highest BCUT2D eigenvalue weighted by Crippen LogP contribution is 2.35. The Morgan fingerprint density at radius 1 is 0.800 bits per heavy atom. The lowest BCUT2D eigenvalue weighted by atomic mass is 9.90. The Kier molecular flexibility index (Phi) is 5.42. The SMILES string of the molecule is CC(C)C(C)C(Br)c1ccc(Cc2ccccc2)cc1. The molecule has 0 radical (unpaired) electrons.